The molecule has 0 N–H and O–H groups in total. The van der Waals surface area contributed by atoms with Gasteiger partial charge >= 0.3 is 0 Å². The summed E-state index contributed by atoms with van der Waals surface area (Å²) < 4.78 is 5.97. The number of rotatable bonds is 8. The number of hydrogen-bond donors (Lipinski definition) is 0. The Morgan fingerprint density at radius 3 is 1.85 bits per heavy atom. The summed E-state index contributed by atoms with van der Waals surface area (Å²) in [6, 6.07) is 8.65. The lowest BCUT2D eigenvalue weighted by atomic mass is 9.88. The molecule has 1 aliphatic rings. The molecule has 0 unspecified atom stereocenters. The maximum atomic E-state index is 5.97. The molecule has 0 spiro atoms. The summed E-state index contributed by atoms with van der Waals surface area (Å²) in [5.74, 6) is 0.994. The van der Waals surface area contributed by atoms with E-state index < -0.39 is 0 Å². The second-order valence-corrected chi connectivity index (χ2v) is 10.6. The van der Waals surface area contributed by atoms with Crippen LogP contribution >= 0.6 is 0 Å². The van der Waals surface area contributed by atoms with Crippen LogP contribution in [0.15, 0.2) is 24.3 Å². The molecule has 0 aromatic heterocycles. The first-order valence-corrected chi connectivity index (χ1v) is 10.8. The average molecular weight is 375 g/mol. The van der Waals surface area contributed by atoms with Gasteiger partial charge in [0.05, 0.1) is 0 Å². The Morgan fingerprint density at radius 1 is 0.778 bits per heavy atom. The lowest BCUT2D eigenvalue weighted by molar-refractivity contribution is 0.113. The van der Waals surface area contributed by atoms with E-state index in [4.69, 9.17) is 4.74 Å². The van der Waals surface area contributed by atoms with E-state index in [1.165, 1.54) is 51.1 Å². The van der Waals surface area contributed by atoms with Crippen LogP contribution in [0.5, 0.6) is 5.75 Å². The fraction of sp³-hybridized carbons (Fsp3) is 0.750. The van der Waals surface area contributed by atoms with E-state index in [9.17, 15) is 0 Å². The third kappa shape index (κ3) is 9.62. The summed E-state index contributed by atoms with van der Waals surface area (Å²) in [5.41, 5.74) is 2.18. The largest absolute Gasteiger partial charge is 0.492 e. The van der Waals surface area contributed by atoms with E-state index in [2.05, 4.69) is 75.6 Å². The number of benzene rings is 1. The Hall–Kier alpha value is -1.06. The van der Waals surface area contributed by atoms with Crippen molar-refractivity contribution in [2.24, 2.45) is 10.8 Å². The highest BCUT2D eigenvalue weighted by molar-refractivity contribution is 5.27. The molecule has 3 heteroatoms. The highest BCUT2D eigenvalue weighted by Crippen LogP contribution is 2.22. The van der Waals surface area contributed by atoms with Crippen molar-refractivity contribution >= 4 is 0 Å². The lowest BCUT2D eigenvalue weighted by Gasteiger charge is -2.35. The minimum atomic E-state index is 0.331. The van der Waals surface area contributed by atoms with Gasteiger partial charge in [-0.3, -0.25) is 4.90 Å². The molecule has 1 aromatic rings. The monoisotopic (exact) mass is 374 g/mol. The molecular formula is C24H42N2O. The van der Waals surface area contributed by atoms with Gasteiger partial charge in [-0.15, -0.1) is 0 Å². The Labute approximate surface area is 168 Å². The average Bonchev–Trinajstić information content (AvgIpc) is 2.55. The van der Waals surface area contributed by atoms with Gasteiger partial charge in [0.15, 0.2) is 0 Å². The summed E-state index contributed by atoms with van der Waals surface area (Å²) in [6.07, 6.45) is 3.74. The topological polar surface area (TPSA) is 15.7 Å². The molecule has 1 saturated heterocycles. The van der Waals surface area contributed by atoms with Crippen LogP contribution in [0.3, 0.4) is 0 Å². The zero-order valence-corrected chi connectivity index (χ0v) is 18.7. The number of nitrogens with zero attached hydrogens (tertiary/aromatic N) is 2. The molecule has 0 bridgehead atoms. The minimum absolute atomic E-state index is 0.331. The predicted molar refractivity (Wildman–Crippen MR) is 117 cm³/mol. The molecule has 0 radical (unpaired) electrons. The smallest absolute Gasteiger partial charge is 0.119 e. The molecule has 0 aliphatic carbocycles. The first-order valence-electron chi connectivity index (χ1n) is 10.8. The Morgan fingerprint density at radius 2 is 1.33 bits per heavy atom. The van der Waals surface area contributed by atoms with Crippen molar-refractivity contribution < 1.29 is 4.74 Å². The Bertz CT molecular complexity index is 531. The zero-order chi connectivity index (χ0) is 19.9. The molecule has 2 rings (SSSR count). The summed E-state index contributed by atoms with van der Waals surface area (Å²) in [5, 5.41) is 0. The maximum absolute atomic E-state index is 5.97. The maximum Gasteiger partial charge on any atom is 0.119 e. The van der Waals surface area contributed by atoms with Crippen molar-refractivity contribution in [1.82, 2.24) is 9.80 Å². The van der Waals surface area contributed by atoms with Crippen LogP contribution in [0, 0.1) is 10.8 Å². The van der Waals surface area contributed by atoms with Gasteiger partial charge in [-0.25, -0.2) is 0 Å². The van der Waals surface area contributed by atoms with E-state index >= 15 is 0 Å². The van der Waals surface area contributed by atoms with Gasteiger partial charge in [-0.05, 0) is 54.3 Å². The molecule has 1 heterocycles. The third-order valence-electron chi connectivity index (χ3n) is 5.20. The normalized spacial score (nSPS) is 17.3. The van der Waals surface area contributed by atoms with Gasteiger partial charge in [-0.2, -0.15) is 0 Å². The fourth-order valence-corrected chi connectivity index (χ4v) is 3.68. The van der Waals surface area contributed by atoms with Crippen LogP contribution in [0.2, 0.25) is 0 Å². The van der Waals surface area contributed by atoms with E-state index in [1.807, 2.05) is 0 Å². The predicted octanol–water partition coefficient (Wildman–Crippen LogP) is 5.10. The van der Waals surface area contributed by atoms with Crippen LogP contribution in [0.4, 0.5) is 0 Å². The van der Waals surface area contributed by atoms with Crippen molar-refractivity contribution in [1.29, 1.82) is 0 Å². The Kier molecular flexibility index (Phi) is 8.18. The number of hydrogen-bond acceptors (Lipinski definition) is 3. The molecule has 0 amide bonds. The Balaban J connectivity index is 1.60. The summed E-state index contributed by atoms with van der Waals surface area (Å²) in [7, 11) is 0. The van der Waals surface area contributed by atoms with Crippen LogP contribution in [0.25, 0.3) is 0 Å². The summed E-state index contributed by atoms with van der Waals surface area (Å²) >= 11 is 0. The number of ether oxygens (including phenoxy) is 1. The van der Waals surface area contributed by atoms with Gasteiger partial charge in [0.25, 0.3) is 0 Å². The zero-order valence-electron chi connectivity index (χ0n) is 18.7. The summed E-state index contributed by atoms with van der Waals surface area (Å²) in [6.45, 7) is 21.6. The van der Waals surface area contributed by atoms with Crippen LogP contribution in [0.1, 0.15) is 59.9 Å². The van der Waals surface area contributed by atoms with E-state index in [-0.39, 0.29) is 0 Å². The second-order valence-electron chi connectivity index (χ2n) is 10.6. The molecule has 0 saturated carbocycles. The lowest BCUT2D eigenvalue weighted by Crippen LogP contribution is -2.47. The molecule has 1 aromatic carbocycles. The molecule has 1 aliphatic heterocycles. The molecular weight excluding hydrogens is 332 g/mol. The molecule has 0 atom stereocenters. The standard InChI is InChI=1S/C24H42N2O/c1-23(2,3)12-7-13-25-14-16-26(17-15-25)18-19-27-22-10-8-21(9-11-22)20-24(4,5)6/h8-11H,7,12-20H2,1-6H3. The van der Waals surface area contributed by atoms with Crippen molar-refractivity contribution in [3.05, 3.63) is 29.8 Å². The molecule has 1 fully saturated rings. The van der Waals surface area contributed by atoms with Crippen molar-refractivity contribution in [3.63, 3.8) is 0 Å². The van der Waals surface area contributed by atoms with Crippen molar-refractivity contribution in [2.45, 2.75) is 60.8 Å². The van der Waals surface area contributed by atoms with Crippen molar-refractivity contribution in [3.8, 4) is 5.75 Å². The van der Waals surface area contributed by atoms with E-state index in [0.29, 0.717) is 10.8 Å². The van der Waals surface area contributed by atoms with Crippen LogP contribution in [-0.2, 0) is 6.42 Å². The van der Waals surface area contributed by atoms with Crippen LogP contribution < -0.4 is 4.74 Å². The van der Waals surface area contributed by atoms with Gasteiger partial charge in [-0.1, -0.05) is 53.7 Å². The second kappa shape index (κ2) is 9.93. The highest BCUT2D eigenvalue weighted by Gasteiger charge is 2.17. The van der Waals surface area contributed by atoms with Gasteiger partial charge in [0.2, 0.25) is 0 Å². The third-order valence-corrected chi connectivity index (χ3v) is 5.20. The van der Waals surface area contributed by atoms with Gasteiger partial charge < -0.3 is 9.64 Å². The molecule has 27 heavy (non-hydrogen) atoms. The highest BCUT2D eigenvalue weighted by atomic mass is 16.5. The van der Waals surface area contributed by atoms with Crippen molar-refractivity contribution in [2.75, 3.05) is 45.9 Å². The SMILES string of the molecule is CC(C)(C)CCCN1CCN(CCOc2ccc(CC(C)(C)C)cc2)CC1. The van der Waals surface area contributed by atoms with E-state index in [1.54, 1.807) is 0 Å². The first kappa shape index (κ1) is 22.2. The minimum Gasteiger partial charge on any atom is -0.492 e. The first-order chi connectivity index (χ1) is 12.6. The van der Waals surface area contributed by atoms with Crippen LogP contribution in [-0.4, -0.2) is 55.7 Å². The molecule has 154 valence electrons. The van der Waals surface area contributed by atoms with E-state index in [0.717, 1.165) is 25.3 Å². The number of piperazine rings is 1. The molecule has 3 nitrogen and oxygen atoms in total. The van der Waals surface area contributed by atoms with Gasteiger partial charge in [0, 0.05) is 32.7 Å². The quantitative estimate of drug-likeness (QED) is 0.630. The summed E-state index contributed by atoms with van der Waals surface area (Å²) in [4.78, 5) is 5.16. The van der Waals surface area contributed by atoms with Gasteiger partial charge in [0.1, 0.15) is 12.4 Å². The fourth-order valence-electron chi connectivity index (χ4n) is 3.68.